The minimum absolute atomic E-state index is 0.0460. The lowest BCUT2D eigenvalue weighted by atomic mass is 9.96. The molecule has 3 aromatic heterocycles. The summed E-state index contributed by atoms with van der Waals surface area (Å²) in [6.45, 7) is 1.95. The Balaban J connectivity index is 1.43. The number of aromatic amines is 1. The molecule has 0 fully saturated rings. The van der Waals surface area contributed by atoms with Crippen molar-refractivity contribution < 1.29 is 4.79 Å². The SMILES string of the molecule is Cc1nc2c([nH]1)CC(NC(=O)Cc1cn3cc(Cl)cc(Cl)c3n1)CC2. The molecule has 0 aromatic carbocycles. The fraction of sp³-hybridized carbons (Fsp3) is 0.353. The van der Waals surface area contributed by atoms with E-state index in [0.717, 1.165) is 36.5 Å². The highest BCUT2D eigenvalue weighted by molar-refractivity contribution is 6.36. The molecule has 4 rings (SSSR count). The van der Waals surface area contributed by atoms with Gasteiger partial charge in [0, 0.05) is 30.6 Å². The number of carbonyl (C=O) groups is 1. The summed E-state index contributed by atoms with van der Waals surface area (Å²) in [7, 11) is 0. The first kappa shape index (κ1) is 16.4. The highest BCUT2D eigenvalue weighted by Gasteiger charge is 2.23. The molecule has 25 heavy (non-hydrogen) atoms. The van der Waals surface area contributed by atoms with Crippen LogP contribution in [0.3, 0.4) is 0 Å². The summed E-state index contributed by atoms with van der Waals surface area (Å²) in [4.78, 5) is 24.5. The molecule has 8 heteroatoms. The maximum atomic E-state index is 12.4. The van der Waals surface area contributed by atoms with Crippen LogP contribution in [0.15, 0.2) is 18.5 Å². The summed E-state index contributed by atoms with van der Waals surface area (Å²) in [5.41, 5.74) is 3.51. The first-order valence-electron chi connectivity index (χ1n) is 8.14. The molecule has 6 nitrogen and oxygen atoms in total. The fourth-order valence-corrected chi connectivity index (χ4v) is 3.88. The van der Waals surface area contributed by atoms with E-state index >= 15 is 0 Å². The van der Waals surface area contributed by atoms with E-state index in [2.05, 4.69) is 20.3 Å². The predicted molar refractivity (Wildman–Crippen MR) is 96.2 cm³/mol. The van der Waals surface area contributed by atoms with Crippen LogP contribution in [0.2, 0.25) is 10.0 Å². The number of nitrogens with one attached hydrogen (secondary N) is 2. The topological polar surface area (TPSA) is 75.1 Å². The molecule has 0 saturated carbocycles. The number of amides is 1. The first-order valence-corrected chi connectivity index (χ1v) is 8.90. The van der Waals surface area contributed by atoms with Gasteiger partial charge in [0.1, 0.15) is 5.82 Å². The van der Waals surface area contributed by atoms with Gasteiger partial charge in [0.05, 0.1) is 27.9 Å². The van der Waals surface area contributed by atoms with Gasteiger partial charge in [0.2, 0.25) is 5.91 Å². The van der Waals surface area contributed by atoms with Gasteiger partial charge < -0.3 is 14.7 Å². The lowest BCUT2D eigenvalue weighted by Gasteiger charge is -2.22. The monoisotopic (exact) mass is 377 g/mol. The summed E-state index contributed by atoms with van der Waals surface area (Å²) in [6.07, 6.45) is 6.28. The van der Waals surface area contributed by atoms with Gasteiger partial charge in [-0.05, 0) is 25.8 Å². The smallest absolute Gasteiger partial charge is 0.226 e. The number of H-pyrrole nitrogens is 1. The molecule has 1 atom stereocenters. The average molecular weight is 378 g/mol. The molecule has 2 N–H and O–H groups in total. The van der Waals surface area contributed by atoms with Crippen LogP contribution in [-0.4, -0.2) is 31.3 Å². The molecule has 1 aliphatic rings. The quantitative estimate of drug-likeness (QED) is 0.736. The zero-order valence-electron chi connectivity index (χ0n) is 13.6. The second-order valence-electron chi connectivity index (χ2n) is 6.40. The van der Waals surface area contributed by atoms with E-state index in [9.17, 15) is 4.79 Å². The van der Waals surface area contributed by atoms with Gasteiger partial charge in [0.25, 0.3) is 0 Å². The highest BCUT2D eigenvalue weighted by atomic mass is 35.5. The summed E-state index contributed by atoms with van der Waals surface area (Å²) < 4.78 is 1.74. The molecule has 1 aliphatic carbocycles. The van der Waals surface area contributed by atoms with Crippen molar-refractivity contribution in [1.29, 1.82) is 0 Å². The lowest BCUT2D eigenvalue weighted by Crippen LogP contribution is -2.39. The Morgan fingerprint density at radius 1 is 1.40 bits per heavy atom. The predicted octanol–water partition coefficient (Wildman–Crippen LogP) is 2.89. The number of fused-ring (bicyclic) bond motifs is 2. The second kappa shape index (κ2) is 6.35. The summed E-state index contributed by atoms with van der Waals surface area (Å²) >= 11 is 12.1. The fourth-order valence-electron chi connectivity index (χ4n) is 3.35. The van der Waals surface area contributed by atoms with E-state index < -0.39 is 0 Å². The third kappa shape index (κ3) is 3.37. The molecular weight excluding hydrogens is 361 g/mol. The Morgan fingerprint density at radius 3 is 3.08 bits per heavy atom. The Hall–Kier alpha value is -2.05. The van der Waals surface area contributed by atoms with E-state index in [1.165, 1.54) is 0 Å². The number of imidazole rings is 2. The molecule has 0 saturated heterocycles. The molecule has 0 bridgehead atoms. The van der Waals surface area contributed by atoms with Crippen molar-refractivity contribution in [2.24, 2.45) is 0 Å². The van der Waals surface area contributed by atoms with Crippen molar-refractivity contribution >= 4 is 34.8 Å². The minimum Gasteiger partial charge on any atom is -0.353 e. The van der Waals surface area contributed by atoms with Crippen molar-refractivity contribution in [3.63, 3.8) is 0 Å². The normalized spacial score (nSPS) is 16.8. The highest BCUT2D eigenvalue weighted by Crippen LogP contribution is 2.22. The van der Waals surface area contributed by atoms with Crippen LogP contribution in [-0.2, 0) is 24.1 Å². The van der Waals surface area contributed by atoms with Gasteiger partial charge in [-0.2, -0.15) is 0 Å². The van der Waals surface area contributed by atoms with Crippen LogP contribution in [0.4, 0.5) is 0 Å². The van der Waals surface area contributed by atoms with Crippen molar-refractivity contribution in [3.8, 4) is 0 Å². The number of pyridine rings is 1. The number of rotatable bonds is 3. The number of aryl methyl sites for hydroxylation is 2. The standard InChI is InChI=1S/C17H17Cl2N5O/c1-9-20-14-3-2-11(5-15(14)21-9)22-16(25)6-12-8-24-7-10(18)4-13(19)17(24)23-12/h4,7-8,11H,2-3,5-6H2,1H3,(H,20,21)(H,22,25). The van der Waals surface area contributed by atoms with Crippen molar-refractivity contribution in [2.75, 3.05) is 0 Å². The summed E-state index contributed by atoms with van der Waals surface area (Å²) in [6, 6.07) is 1.76. The Morgan fingerprint density at radius 2 is 2.24 bits per heavy atom. The number of nitrogens with zero attached hydrogens (tertiary/aromatic N) is 3. The van der Waals surface area contributed by atoms with Crippen LogP contribution >= 0.6 is 23.2 Å². The first-order chi connectivity index (χ1) is 12.0. The largest absolute Gasteiger partial charge is 0.353 e. The Bertz CT molecular complexity index is 962. The third-order valence-corrected chi connectivity index (χ3v) is 4.88. The van der Waals surface area contributed by atoms with Crippen LogP contribution in [0.1, 0.15) is 29.3 Å². The Kier molecular flexibility index (Phi) is 4.17. The summed E-state index contributed by atoms with van der Waals surface area (Å²) in [5.74, 6) is 0.882. The molecule has 0 spiro atoms. The van der Waals surface area contributed by atoms with Crippen LogP contribution < -0.4 is 5.32 Å². The van der Waals surface area contributed by atoms with E-state index in [0.29, 0.717) is 21.4 Å². The molecule has 1 amide bonds. The van der Waals surface area contributed by atoms with Crippen molar-refractivity contribution in [3.05, 3.63) is 51.4 Å². The van der Waals surface area contributed by atoms with Crippen molar-refractivity contribution in [1.82, 2.24) is 24.7 Å². The third-order valence-electron chi connectivity index (χ3n) is 4.39. The number of aromatic nitrogens is 4. The maximum Gasteiger partial charge on any atom is 0.226 e. The van der Waals surface area contributed by atoms with Gasteiger partial charge >= 0.3 is 0 Å². The molecule has 3 heterocycles. The van der Waals surface area contributed by atoms with Gasteiger partial charge in [-0.3, -0.25) is 4.79 Å². The molecule has 0 aliphatic heterocycles. The van der Waals surface area contributed by atoms with E-state index in [1.54, 1.807) is 22.9 Å². The zero-order valence-corrected chi connectivity index (χ0v) is 15.2. The molecule has 1 unspecified atom stereocenters. The number of halogens is 2. The van der Waals surface area contributed by atoms with Gasteiger partial charge in [-0.25, -0.2) is 9.97 Å². The molecule has 0 radical (unpaired) electrons. The zero-order chi connectivity index (χ0) is 17.6. The van der Waals surface area contributed by atoms with E-state index in [1.807, 2.05) is 6.92 Å². The van der Waals surface area contributed by atoms with Gasteiger partial charge in [-0.1, -0.05) is 23.2 Å². The van der Waals surface area contributed by atoms with E-state index in [-0.39, 0.29) is 18.4 Å². The number of carbonyl (C=O) groups excluding carboxylic acids is 1. The second-order valence-corrected chi connectivity index (χ2v) is 7.24. The Labute approximate surface area is 154 Å². The summed E-state index contributed by atoms with van der Waals surface area (Å²) in [5, 5.41) is 4.09. The van der Waals surface area contributed by atoms with Crippen LogP contribution in [0.25, 0.3) is 5.65 Å². The number of hydrogen-bond donors (Lipinski definition) is 2. The molecule has 130 valence electrons. The van der Waals surface area contributed by atoms with Crippen LogP contribution in [0.5, 0.6) is 0 Å². The number of hydrogen-bond acceptors (Lipinski definition) is 3. The van der Waals surface area contributed by atoms with Gasteiger partial charge in [0.15, 0.2) is 5.65 Å². The molecule has 3 aromatic rings. The maximum absolute atomic E-state index is 12.4. The minimum atomic E-state index is -0.0460. The van der Waals surface area contributed by atoms with Gasteiger partial charge in [-0.15, -0.1) is 0 Å². The van der Waals surface area contributed by atoms with Crippen molar-refractivity contribution in [2.45, 2.75) is 38.6 Å². The van der Waals surface area contributed by atoms with E-state index in [4.69, 9.17) is 23.2 Å². The molecular formula is C17H17Cl2N5O. The van der Waals surface area contributed by atoms with Crippen LogP contribution in [0, 0.1) is 6.92 Å². The average Bonchev–Trinajstić information content (AvgIpc) is 3.08. The lowest BCUT2D eigenvalue weighted by molar-refractivity contribution is -0.121.